The van der Waals surface area contributed by atoms with Gasteiger partial charge >= 0.3 is 12.1 Å². The number of hydrogen-bond donors (Lipinski definition) is 1. The lowest BCUT2D eigenvalue weighted by Gasteiger charge is -2.54. The van der Waals surface area contributed by atoms with Crippen molar-refractivity contribution in [1.29, 1.82) is 0 Å². The van der Waals surface area contributed by atoms with Gasteiger partial charge in [0.1, 0.15) is 16.8 Å². The lowest BCUT2D eigenvalue weighted by atomic mass is 9.52. The normalized spacial score (nSPS) is 48.9. The van der Waals surface area contributed by atoms with Crippen LogP contribution >= 0.6 is 0 Å². The molecule has 5 fully saturated rings. The van der Waals surface area contributed by atoms with Crippen molar-refractivity contribution in [3.63, 3.8) is 0 Å². The van der Waals surface area contributed by atoms with Gasteiger partial charge in [0.15, 0.2) is 5.79 Å². The van der Waals surface area contributed by atoms with Crippen molar-refractivity contribution in [2.24, 2.45) is 22.7 Å². The second-order valence-electron chi connectivity index (χ2n) is 12.8. The molecular formula is C25H33F5O4. The van der Waals surface area contributed by atoms with Gasteiger partial charge in [-0.1, -0.05) is 26.8 Å². The molecule has 0 bridgehead atoms. The molecule has 0 aromatic rings. The minimum absolute atomic E-state index is 0.0147. The highest BCUT2D eigenvalue weighted by molar-refractivity contribution is 5.44. The third-order valence-corrected chi connectivity index (χ3v) is 10.3. The van der Waals surface area contributed by atoms with Crippen LogP contribution in [0.3, 0.4) is 0 Å². The largest absolute Gasteiger partial charge is 0.456 e. The van der Waals surface area contributed by atoms with Gasteiger partial charge in [0.2, 0.25) is 0 Å². The summed E-state index contributed by atoms with van der Waals surface area (Å²) in [6.45, 7) is 6.83. The molecule has 2 saturated heterocycles. The number of allylic oxidation sites excluding steroid dienone is 1. The van der Waals surface area contributed by atoms with Gasteiger partial charge in [-0.15, -0.1) is 0 Å². The van der Waals surface area contributed by atoms with Crippen molar-refractivity contribution < 1.29 is 41.3 Å². The quantitative estimate of drug-likeness (QED) is 0.297. The molecule has 6 rings (SSSR count). The highest BCUT2D eigenvalue weighted by atomic mass is 19.4. The first-order chi connectivity index (χ1) is 15.6. The Morgan fingerprint density at radius 1 is 0.941 bits per heavy atom. The second kappa shape index (κ2) is 6.37. The highest BCUT2D eigenvalue weighted by Crippen LogP contribution is 2.75. The fourth-order valence-electron chi connectivity index (χ4n) is 8.34. The maximum Gasteiger partial charge on any atom is 0.456 e. The third kappa shape index (κ3) is 2.63. The van der Waals surface area contributed by atoms with Gasteiger partial charge in [0, 0.05) is 23.7 Å². The van der Waals surface area contributed by atoms with Gasteiger partial charge < -0.3 is 19.3 Å². The van der Waals surface area contributed by atoms with Crippen molar-refractivity contribution in [3.8, 4) is 0 Å². The van der Waals surface area contributed by atoms with Crippen LogP contribution in [-0.4, -0.2) is 53.0 Å². The Morgan fingerprint density at radius 2 is 1.62 bits per heavy atom. The summed E-state index contributed by atoms with van der Waals surface area (Å²) in [6, 6.07) is 0. The van der Waals surface area contributed by atoms with Gasteiger partial charge in [0.25, 0.3) is 0 Å². The zero-order valence-electron chi connectivity index (χ0n) is 19.9. The standard InChI is InChI=1S/C25H33F5O4/c1-18(2)13-32-21(33-14-18)10-11-22-17-5-7-19(3)16(15(17)4-8-20(22,12-21)34-22)6-9-23(19,31)24(26,27)25(28,29)30/h5,15-16,31H,4,6-14H2,1-3H3/t15?,16?,19-,20?,22+,23-/m0/s1. The monoisotopic (exact) mass is 492 g/mol. The molecule has 192 valence electrons. The summed E-state index contributed by atoms with van der Waals surface area (Å²) in [5, 5.41) is 10.9. The van der Waals surface area contributed by atoms with E-state index in [9.17, 15) is 27.1 Å². The molecule has 3 saturated carbocycles. The number of halogens is 5. The molecule has 0 radical (unpaired) electrons. The van der Waals surface area contributed by atoms with E-state index in [-0.39, 0.29) is 24.2 Å². The molecule has 2 aliphatic heterocycles. The van der Waals surface area contributed by atoms with Crippen molar-refractivity contribution in [2.45, 2.75) is 107 Å². The van der Waals surface area contributed by atoms with Gasteiger partial charge in [-0.2, -0.15) is 22.0 Å². The van der Waals surface area contributed by atoms with E-state index in [4.69, 9.17) is 14.2 Å². The average Bonchev–Trinajstić information content (AvgIpc) is 3.35. The van der Waals surface area contributed by atoms with Crippen LogP contribution in [0.2, 0.25) is 0 Å². The molecule has 1 N–H and O–H groups in total. The van der Waals surface area contributed by atoms with Crippen LogP contribution in [-0.2, 0) is 14.2 Å². The minimum atomic E-state index is -5.80. The van der Waals surface area contributed by atoms with Crippen LogP contribution in [0.5, 0.6) is 0 Å². The molecule has 0 aromatic carbocycles. The summed E-state index contributed by atoms with van der Waals surface area (Å²) in [5.74, 6) is -6.44. The Bertz CT molecular complexity index is 936. The summed E-state index contributed by atoms with van der Waals surface area (Å²) in [5.41, 5.74) is -4.60. The van der Waals surface area contributed by atoms with Gasteiger partial charge in [0.05, 0.1) is 13.2 Å². The maximum absolute atomic E-state index is 14.6. The molecule has 0 amide bonds. The summed E-state index contributed by atoms with van der Waals surface area (Å²) in [6.07, 6.45) is -1.11. The number of fused-ring (bicyclic) bond motifs is 3. The van der Waals surface area contributed by atoms with E-state index in [1.165, 1.54) is 6.92 Å². The van der Waals surface area contributed by atoms with Crippen molar-refractivity contribution in [1.82, 2.24) is 0 Å². The molecule has 1 spiro atoms. The highest BCUT2D eigenvalue weighted by Gasteiger charge is 2.82. The van der Waals surface area contributed by atoms with Crippen LogP contribution < -0.4 is 0 Å². The first-order valence-corrected chi connectivity index (χ1v) is 12.4. The van der Waals surface area contributed by atoms with Crippen molar-refractivity contribution in [2.75, 3.05) is 13.2 Å². The fourth-order valence-corrected chi connectivity index (χ4v) is 8.34. The number of rotatable bonds is 1. The second-order valence-corrected chi connectivity index (χ2v) is 12.8. The molecule has 2 heterocycles. The average molecular weight is 493 g/mol. The van der Waals surface area contributed by atoms with E-state index in [2.05, 4.69) is 13.8 Å². The van der Waals surface area contributed by atoms with E-state index in [0.717, 1.165) is 5.57 Å². The Balaban J connectivity index is 1.29. The molecule has 3 unspecified atom stereocenters. The number of alkyl halides is 5. The van der Waals surface area contributed by atoms with Crippen LogP contribution in [0.1, 0.15) is 72.1 Å². The number of aliphatic hydroxyl groups is 1. The Kier molecular flexibility index (Phi) is 4.43. The summed E-state index contributed by atoms with van der Waals surface area (Å²) < 4.78 is 88.2. The maximum atomic E-state index is 14.6. The first kappa shape index (κ1) is 23.6. The minimum Gasteiger partial charge on any atom is -0.383 e. The zero-order valence-corrected chi connectivity index (χ0v) is 19.9. The molecule has 6 atom stereocenters. The fraction of sp³-hybridized carbons (Fsp3) is 0.920. The van der Waals surface area contributed by atoms with Crippen molar-refractivity contribution >= 4 is 0 Å². The lowest BCUT2D eigenvalue weighted by Crippen LogP contribution is -2.65. The number of epoxide rings is 1. The van der Waals surface area contributed by atoms with Crippen molar-refractivity contribution in [3.05, 3.63) is 11.6 Å². The molecule has 6 aliphatic rings. The van der Waals surface area contributed by atoms with E-state index < -0.39 is 52.4 Å². The molecule has 34 heavy (non-hydrogen) atoms. The summed E-state index contributed by atoms with van der Waals surface area (Å²) in [4.78, 5) is 0. The van der Waals surface area contributed by atoms with Gasteiger partial charge in [-0.05, 0) is 55.9 Å². The summed E-state index contributed by atoms with van der Waals surface area (Å²) in [7, 11) is 0. The molecular weight excluding hydrogens is 459 g/mol. The van der Waals surface area contributed by atoms with E-state index >= 15 is 0 Å². The van der Waals surface area contributed by atoms with E-state index in [1.807, 2.05) is 6.08 Å². The predicted molar refractivity (Wildman–Crippen MR) is 111 cm³/mol. The number of ether oxygens (including phenoxy) is 3. The van der Waals surface area contributed by atoms with Gasteiger partial charge in [-0.3, -0.25) is 0 Å². The van der Waals surface area contributed by atoms with Gasteiger partial charge in [-0.25, -0.2) is 0 Å². The molecule has 0 aromatic heterocycles. The molecule has 4 aliphatic carbocycles. The van der Waals surface area contributed by atoms with Crippen LogP contribution in [0, 0.1) is 22.7 Å². The smallest absolute Gasteiger partial charge is 0.383 e. The van der Waals surface area contributed by atoms with E-state index in [0.29, 0.717) is 45.3 Å². The Morgan fingerprint density at radius 3 is 2.26 bits per heavy atom. The predicted octanol–water partition coefficient (Wildman–Crippen LogP) is 5.53. The van der Waals surface area contributed by atoms with Crippen LogP contribution in [0.25, 0.3) is 0 Å². The lowest BCUT2D eigenvalue weighted by molar-refractivity contribution is -0.361. The zero-order chi connectivity index (χ0) is 24.6. The van der Waals surface area contributed by atoms with E-state index in [1.54, 1.807) is 0 Å². The first-order valence-electron chi connectivity index (χ1n) is 12.4. The SMILES string of the molecule is CC1(C)COC2(CC[C@]34OC3(CCC3C4=CC[C@@]4(C)C3CC[C@@]4(O)C(F)(F)C(F)(F)F)C2)OC1. The molecule has 9 heteroatoms. The Labute approximate surface area is 196 Å². The molecule has 4 nitrogen and oxygen atoms in total. The third-order valence-electron chi connectivity index (χ3n) is 10.3. The Hall–Kier alpha value is -0.770. The van der Waals surface area contributed by atoms with Crippen LogP contribution in [0.4, 0.5) is 22.0 Å². The van der Waals surface area contributed by atoms with Crippen LogP contribution in [0.15, 0.2) is 11.6 Å². The summed E-state index contributed by atoms with van der Waals surface area (Å²) >= 11 is 0. The number of hydrogen-bond acceptors (Lipinski definition) is 4. The topological polar surface area (TPSA) is 51.2 Å².